The van der Waals surface area contributed by atoms with Crippen molar-refractivity contribution >= 4 is 17.1 Å². The average Bonchev–Trinajstić information content (AvgIpc) is 2.80. The third-order valence-electron chi connectivity index (χ3n) is 3.26. The highest BCUT2D eigenvalue weighted by Gasteiger charge is 2.22. The van der Waals surface area contributed by atoms with E-state index in [2.05, 4.69) is 4.98 Å². The molecule has 1 aromatic carbocycles. The number of carboxylic acids is 1. The molecular weight excluding hydrogens is 272 g/mol. The molecule has 3 rings (SSSR count). The van der Waals surface area contributed by atoms with Gasteiger partial charge in [0.2, 0.25) is 5.71 Å². The fourth-order valence-corrected chi connectivity index (χ4v) is 2.29. The van der Waals surface area contributed by atoms with E-state index in [1.54, 1.807) is 0 Å². The van der Waals surface area contributed by atoms with Gasteiger partial charge in [-0.2, -0.15) is 0 Å². The lowest BCUT2D eigenvalue weighted by molar-refractivity contribution is 0.0697. The third kappa shape index (κ3) is 2.20. The van der Waals surface area contributed by atoms with Gasteiger partial charge in [-0.05, 0) is 12.5 Å². The van der Waals surface area contributed by atoms with E-state index in [4.69, 9.17) is 4.42 Å². The number of furan rings is 1. The molecule has 1 N–H and O–H groups in total. The van der Waals surface area contributed by atoms with Gasteiger partial charge in [-0.15, -0.1) is 0 Å². The Morgan fingerprint density at radius 1 is 1.33 bits per heavy atom. The van der Waals surface area contributed by atoms with Gasteiger partial charge in [-0.3, -0.25) is 9.36 Å². The van der Waals surface area contributed by atoms with Gasteiger partial charge in [0.15, 0.2) is 0 Å². The number of benzene rings is 1. The largest absolute Gasteiger partial charge is 0.478 e. The zero-order valence-corrected chi connectivity index (χ0v) is 11.2. The van der Waals surface area contributed by atoms with Crippen LogP contribution in [0.25, 0.3) is 11.1 Å². The Morgan fingerprint density at radius 2 is 2.05 bits per heavy atom. The van der Waals surface area contributed by atoms with E-state index in [1.807, 2.05) is 30.3 Å². The third-order valence-corrected chi connectivity index (χ3v) is 3.26. The zero-order valence-electron chi connectivity index (χ0n) is 11.2. The summed E-state index contributed by atoms with van der Waals surface area (Å²) in [6.07, 6.45) is 1.37. The summed E-state index contributed by atoms with van der Waals surface area (Å²) in [5.74, 6) is -1.01. The van der Waals surface area contributed by atoms with Gasteiger partial charge >= 0.3 is 5.97 Å². The van der Waals surface area contributed by atoms with Crippen LogP contribution >= 0.6 is 0 Å². The maximum Gasteiger partial charge on any atom is 0.340 e. The molecule has 106 valence electrons. The van der Waals surface area contributed by atoms with Gasteiger partial charge in [0.1, 0.15) is 23.0 Å². The SMILES string of the molecule is Cc1oc2ncn(Cc3ccccc3)c(=O)c2c1C(=O)O. The standard InChI is InChI=1S/C15H12N2O4/c1-9-11(15(19)20)12-13(21-9)16-8-17(14(12)18)7-10-5-3-2-4-6-10/h2-6,8H,7H2,1H3,(H,19,20). The van der Waals surface area contributed by atoms with Crippen molar-refractivity contribution in [2.75, 3.05) is 0 Å². The maximum atomic E-state index is 12.5. The number of hydrogen-bond acceptors (Lipinski definition) is 4. The summed E-state index contributed by atoms with van der Waals surface area (Å²) in [5, 5.41) is 9.23. The van der Waals surface area contributed by atoms with Gasteiger partial charge in [0.25, 0.3) is 5.56 Å². The van der Waals surface area contributed by atoms with Crippen LogP contribution < -0.4 is 5.56 Å². The first-order valence-electron chi connectivity index (χ1n) is 6.33. The van der Waals surface area contributed by atoms with Crippen molar-refractivity contribution in [3.8, 4) is 0 Å². The monoisotopic (exact) mass is 284 g/mol. The number of nitrogens with zero attached hydrogens (tertiary/aromatic N) is 2. The van der Waals surface area contributed by atoms with Crippen LogP contribution in [-0.2, 0) is 6.54 Å². The summed E-state index contributed by atoms with van der Waals surface area (Å²) < 4.78 is 6.62. The molecule has 3 aromatic rings. The second-order valence-corrected chi connectivity index (χ2v) is 4.68. The van der Waals surface area contributed by atoms with Gasteiger partial charge < -0.3 is 9.52 Å². The van der Waals surface area contributed by atoms with E-state index in [-0.39, 0.29) is 22.4 Å². The van der Waals surface area contributed by atoms with Gasteiger partial charge in [0, 0.05) is 0 Å². The predicted molar refractivity (Wildman–Crippen MR) is 75.5 cm³/mol. The molecule has 0 saturated carbocycles. The molecule has 0 saturated heterocycles. The van der Waals surface area contributed by atoms with Crippen molar-refractivity contribution in [1.82, 2.24) is 9.55 Å². The number of fused-ring (bicyclic) bond motifs is 1. The van der Waals surface area contributed by atoms with E-state index in [0.29, 0.717) is 6.54 Å². The maximum absolute atomic E-state index is 12.5. The highest BCUT2D eigenvalue weighted by atomic mass is 16.4. The first-order chi connectivity index (χ1) is 10.1. The Morgan fingerprint density at radius 3 is 2.71 bits per heavy atom. The Balaban J connectivity index is 2.18. The predicted octanol–water partition coefficient (Wildman–Crippen LogP) is 2.04. The van der Waals surface area contributed by atoms with Crippen molar-refractivity contribution in [2.24, 2.45) is 0 Å². The van der Waals surface area contributed by atoms with Crippen molar-refractivity contribution in [1.29, 1.82) is 0 Å². The summed E-state index contributed by atoms with van der Waals surface area (Å²) in [7, 11) is 0. The molecule has 2 aromatic heterocycles. The molecule has 0 atom stereocenters. The Labute approximate surface area is 119 Å². The fourth-order valence-electron chi connectivity index (χ4n) is 2.29. The minimum Gasteiger partial charge on any atom is -0.478 e. The zero-order chi connectivity index (χ0) is 15.0. The summed E-state index contributed by atoms with van der Waals surface area (Å²) in [5.41, 5.74) is 0.445. The molecule has 0 spiro atoms. The van der Waals surface area contributed by atoms with Crippen molar-refractivity contribution < 1.29 is 14.3 Å². The average molecular weight is 284 g/mol. The minimum absolute atomic E-state index is 0.0124. The van der Waals surface area contributed by atoms with Crippen LogP contribution in [0.2, 0.25) is 0 Å². The molecule has 0 amide bonds. The van der Waals surface area contributed by atoms with E-state index < -0.39 is 11.5 Å². The van der Waals surface area contributed by atoms with Gasteiger partial charge in [-0.1, -0.05) is 30.3 Å². The number of aromatic carboxylic acids is 1. The lowest BCUT2D eigenvalue weighted by Crippen LogP contribution is -2.22. The fraction of sp³-hybridized carbons (Fsp3) is 0.133. The highest BCUT2D eigenvalue weighted by Crippen LogP contribution is 2.20. The summed E-state index contributed by atoms with van der Waals surface area (Å²) >= 11 is 0. The Bertz CT molecular complexity index is 878. The summed E-state index contributed by atoms with van der Waals surface area (Å²) in [6.45, 7) is 1.83. The Hall–Kier alpha value is -2.89. The quantitative estimate of drug-likeness (QED) is 0.795. The second-order valence-electron chi connectivity index (χ2n) is 4.68. The number of aryl methyl sites for hydroxylation is 1. The molecule has 0 aliphatic carbocycles. The molecular formula is C15H12N2O4. The van der Waals surface area contributed by atoms with Crippen LogP contribution in [0.15, 0.2) is 45.9 Å². The number of carboxylic acid groups (broad SMARTS) is 1. The molecule has 0 aliphatic heterocycles. The molecule has 6 nitrogen and oxygen atoms in total. The highest BCUT2D eigenvalue weighted by molar-refractivity contribution is 6.02. The topological polar surface area (TPSA) is 85.3 Å². The lowest BCUT2D eigenvalue weighted by Gasteiger charge is -2.04. The molecule has 0 fully saturated rings. The molecule has 0 unspecified atom stereocenters. The van der Waals surface area contributed by atoms with Crippen LogP contribution in [0.3, 0.4) is 0 Å². The van der Waals surface area contributed by atoms with E-state index in [9.17, 15) is 14.7 Å². The smallest absolute Gasteiger partial charge is 0.340 e. The van der Waals surface area contributed by atoms with Crippen molar-refractivity contribution in [2.45, 2.75) is 13.5 Å². The number of hydrogen-bond donors (Lipinski definition) is 1. The van der Waals surface area contributed by atoms with Crippen LogP contribution in [0.1, 0.15) is 21.7 Å². The van der Waals surface area contributed by atoms with E-state index in [1.165, 1.54) is 17.8 Å². The van der Waals surface area contributed by atoms with Crippen LogP contribution in [0.4, 0.5) is 0 Å². The molecule has 21 heavy (non-hydrogen) atoms. The first-order valence-corrected chi connectivity index (χ1v) is 6.33. The first kappa shape index (κ1) is 13.1. The molecule has 0 aliphatic rings. The molecule has 6 heteroatoms. The van der Waals surface area contributed by atoms with E-state index >= 15 is 0 Å². The number of rotatable bonds is 3. The van der Waals surface area contributed by atoms with Crippen LogP contribution in [-0.4, -0.2) is 20.6 Å². The number of carbonyl (C=O) groups is 1. The normalized spacial score (nSPS) is 10.9. The summed E-state index contributed by atoms with van der Waals surface area (Å²) in [6, 6.07) is 9.40. The molecule has 2 heterocycles. The van der Waals surface area contributed by atoms with Crippen molar-refractivity contribution in [3.63, 3.8) is 0 Å². The Kier molecular flexibility index (Phi) is 3.06. The lowest BCUT2D eigenvalue weighted by atomic mass is 10.2. The van der Waals surface area contributed by atoms with Crippen molar-refractivity contribution in [3.05, 3.63) is 63.9 Å². The minimum atomic E-state index is -1.19. The molecule has 0 radical (unpaired) electrons. The second kappa shape index (κ2) is 4.90. The van der Waals surface area contributed by atoms with E-state index in [0.717, 1.165) is 5.56 Å². The molecule has 0 bridgehead atoms. The van der Waals surface area contributed by atoms with Gasteiger partial charge in [0.05, 0.1) is 6.54 Å². The van der Waals surface area contributed by atoms with Crippen LogP contribution in [0, 0.1) is 6.92 Å². The number of aromatic nitrogens is 2. The summed E-state index contributed by atoms with van der Waals surface area (Å²) in [4.78, 5) is 27.8. The van der Waals surface area contributed by atoms with Crippen LogP contribution in [0.5, 0.6) is 0 Å². The van der Waals surface area contributed by atoms with Gasteiger partial charge in [-0.25, -0.2) is 9.78 Å².